The summed E-state index contributed by atoms with van der Waals surface area (Å²) < 4.78 is 48.8. The predicted molar refractivity (Wildman–Crippen MR) is 145 cm³/mol. The Labute approximate surface area is 222 Å². The van der Waals surface area contributed by atoms with Crippen molar-refractivity contribution in [2.45, 2.75) is 39.2 Å². The van der Waals surface area contributed by atoms with Crippen LogP contribution in [0.25, 0.3) is 11.1 Å². The minimum atomic E-state index is -2.97. The van der Waals surface area contributed by atoms with Crippen LogP contribution in [0.5, 0.6) is 11.5 Å². The van der Waals surface area contributed by atoms with Crippen LogP contribution in [0.2, 0.25) is 0 Å². The van der Waals surface area contributed by atoms with Gasteiger partial charge in [0.05, 0.1) is 18.8 Å². The highest BCUT2D eigenvalue weighted by molar-refractivity contribution is 7.90. The third-order valence-corrected chi connectivity index (χ3v) is 7.54. The Bertz CT molecular complexity index is 1430. The summed E-state index contributed by atoms with van der Waals surface area (Å²) in [6.45, 7) is 5.02. The molecule has 0 aliphatic carbocycles. The maximum Gasteiger partial charge on any atom is 0.304 e. The summed E-state index contributed by atoms with van der Waals surface area (Å²) >= 11 is 0. The van der Waals surface area contributed by atoms with Crippen molar-refractivity contribution in [2.75, 3.05) is 30.5 Å². The van der Waals surface area contributed by atoms with E-state index in [0.29, 0.717) is 30.0 Å². The summed E-state index contributed by atoms with van der Waals surface area (Å²) in [6, 6.07) is 15.0. The van der Waals surface area contributed by atoms with Crippen LogP contribution in [0.3, 0.4) is 0 Å². The number of carboxylic acids is 1. The highest BCUT2D eigenvalue weighted by atomic mass is 32.2. The van der Waals surface area contributed by atoms with Gasteiger partial charge in [0, 0.05) is 42.1 Å². The van der Waals surface area contributed by atoms with Crippen LogP contribution in [-0.2, 0) is 21.2 Å². The summed E-state index contributed by atoms with van der Waals surface area (Å²) in [7, 11) is -2.97. The maximum absolute atomic E-state index is 14.7. The van der Waals surface area contributed by atoms with Gasteiger partial charge in [-0.25, -0.2) is 12.8 Å². The molecule has 0 saturated heterocycles. The summed E-state index contributed by atoms with van der Waals surface area (Å²) in [5.41, 5.74) is 6.46. The van der Waals surface area contributed by atoms with E-state index in [-0.39, 0.29) is 25.4 Å². The van der Waals surface area contributed by atoms with Crippen LogP contribution >= 0.6 is 0 Å². The average Bonchev–Trinajstić information content (AvgIpc) is 3.22. The van der Waals surface area contributed by atoms with Crippen LogP contribution in [0.4, 0.5) is 10.1 Å². The number of sulfone groups is 1. The molecule has 3 aromatic carbocycles. The zero-order valence-electron chi connectivity index (χ0n) is 21.7. The first kappa shape index (κ1) is 27.4. The van der Waals surface area contributed by atoms with Crippen LogP contribution in [0, 0.1) is 19.7 Å². The first-order chi connectivity index (χ1) is 18.0. The second kappa shape index (κ2) is 11.4. The van der Waals surface area contributed by atoms with Gasteiger partial charge < -0.3 is 19.9 Å². The number of aliphatic carboxylic acids is 1. The summed E-state index contributed by atoms with van der Waals surface area (Å²) in [5, 5.41) is 12.4. The zero-order chi connectivity index (χ0) is 27.4. The largest absolute Gasteiger partial charge is 0.492 e. The second-order valence-corrected chi connectivity index (χ2v) is 12.1. The van der Waals surface area contributed by atoms with Crippen molar-refractivity contribution in [3.63, 3.8) is 0 Å². The summed E-state index contributed by atoms with van der Waals surface area (Å²) in [5.74, 6) is -1.22. The molecule has 0 saturated carbocycles. The topological polar surface area (TPSA) is 102 Å². The zero-order valence-corrected chi connectivity index (χ0v) is 22.5. The van der Waals surface area contributed by atoms with Crippen LogP contribution in [0.15, 0.2) is 48.5 Å². The molecule has 3 aromatic rings. The number of rotatable bonds is 11. The van der Waals surface area contributed by atoms with Gasteiger partial charge in [0.15, 0.2) is 0 Å². The minimum absolute atomic E-state index is 0.137. The van der Waals surface area contributed by atoms with Gasteiger partial charge in [-0.3, -0.25) is 4.79 Å². The standard InChI is InChI=1S/C29H32FNO6S/c1-18-10-23(31-8-5-9-38(3,34)35)11-19(2)28(18)21-7-4-6-20(12-21)16-36-24-14-25(30)29-22(13-27(32)33)17-37-26(29)15-24/h4,6-7,10-12,14-15,22,31H,5,8-9,13,16-17H2,1-3H3,(H,32,33)/t22-/m1/s1. The quantitative estimate of drug-likeness (QED) is 0.310. The number of ether oxygens (including phenoxy) is 2. The molecule has 0 spiro atoms. The lowest BCUT2D eigenvalue weighted by molar-refractivity contribution is -0.137. The fourth-order valence-electron chi connectivity index (χ4n) is 4.88. The number of nitrogens with one attached hydrogen (secondary N) is 1. The molecule has 7 nitrogen and oxygen atoms in total. The lowest BCUT2D eigenvalue weighted by Gasteiger charge is -2.15. The Morgan fingerprint density at radius 3 is 2.58 bits per heavy atom. The van der Waals surface area contributed by atoms with Crippen molar-refractivity contribution < 1.29 is 32.2 Å². The fourth-order valence-corrected chi connectivity index (χ4v) is 5.55. The molecule has 0 amide bonds. The van der Waals surface area contributed by atoms with E-state index in [1.165, 1.54) is 12.3 Å². The molecule has 4 rings (SSSR count). The third-order valence-electron chi connectivity index (χ3n) is 6.51. The Kier molecular flexibility index (Phi) is 8.26. The fraction of sp³-hybridized carbons (Fsp3) is 0.345. The van der Waals surface area contributed by atoms with Gasteiger partial charge in [-0.15, -0.1) is 0 Å². The van der Waals surface area contributed by atoms with E-state index in [2.05, 4.69) is 17.4 Å². The van der Waals surface area contributed by atoms with Crippen molar-refractivity contribution in [1.82, 2.24) is 0 Å². The van der Waals surface area contributed by atoms with Crippen molar-refractivity contribution in [3.05, 3.63) is 76.6 Å². The molecule has 0 fully saturated rings. The van der Waals surface area contributed by atoms with Crippen molar-refractivity contribution in [3.8, 4) is 22.6 Å². The van der Waals surface area contributed by atoms with Gasteiger partial charge in [-0.2, -0.15) is 0 Å². The number of hydrogen-bond acceptors (Lipinski definition) is 6. The van der Waals surface area contributed by atoms with Crippen LogP contribution in [-0.4, -0.2) is 44.7 Å². The van der Waals surface area contributed by atoms with Crippen molar-refractivity contribution in [2.24, 2.45) is 0 Å². The van der Waals surface area contributed by atoms with E-state index in [9.17, 15) is 17.6 Å². The van der Waals surface area contributed by atoms with Crippen molar-refractivity contribution in [1.29, 1.82) is 0 Å². The highest BCUT2D eigenvalue weighted by Crippen LogP contribution is 2.40. The number of halogens is 1. The SMILES string of the molecule is Cc1cc(NCCCS(C)(=O)=O)cc(C)c1-c1cccc(COc2cc(F)c3c(c2)OC[C@H]3CC(=O)O)c1. The number of anilines is 1. The van der Waals surface area contributed by atoms with Crippen LogP contribution < -0.4 is 14.8 Å². The Morgan fingerprint density at radius 1 is 1.16 bits per heavy atom. The van der Waals surface area contributed by atoms with Gasteiger partial charge in [0.2, 0.25) is 0 Å². The summed E-state index contributed by atoms with van der Waals surface area (Å²) in [4.78, 5) is 11.1. The predicted octanol–water partition coefficient (Wildman–Crippen LogP) is 5.49. The molecule has 1 aliphatic heterocycles. The second-order valence-electron chi connectivity index (χ2n) is 9.81. The van der Waals surface area contributed by atoms with Gasteiger partial charge in [-0.1, -0.05) is 18.2 Å². The molecular weight excluding hydrogens is 509 g/mol. The third kappa shape index (κ3) is 6.83. The number of fused-ring (bicyclic) bond motifs is 1. The van der Waals surface area contributed by atoms with E-state index in [1.54, 1.807) is 6.07 Å². The number of carboxylic acid groups (broad SMARTS) is 1. The Morgan fingerprint density at radius 2 is 1.89 bits per heavy atom. The van der Waals surface area contributed by atoms with Gasteiger partial charge >= 0.3 is 5.97 Å². The van der Waals surface area contributed by atoms with E-state index in [4.69, 9.17) is 14.6 Å². The average molecular weight is 542 g/mol. The number of benzene rings is 3. The van der Waals surface area contributed by atoms with Crippen LogP contribution in [0.1, 0.15) is 41.0 Å². The lowest BCUT2D eigenvalue weighted by atomic mass is 9.94. The van der Waals surface area contributed by atoms with Gasteiger partial charge in [0.25, 0.3) is 0 Å². The minimum Gasteiger partial charge on any atom is -0.492 e. The Balaban J connectivity index is 1.44. The molecule has 0 radical (unpaired) electrons. The first-order valence-electron chi connectivity index (χ1n) is 12.4. The normalized spacial score (nSPS) is 14.6. The van der Waals surface area contributed by atoms with E-state index < -0.39 is 27.5 Å². The van der Waals surface area contributed by atoms with Gasteiger partial charge in [0.1, 0.15) is 33.8 Å². The molecule has 1 heterocycles. The maximum atomic E-state index is 14.7. The van der Waals surface area contributed by atoms with E-state index >= 15 is 0 Å². The number of hydrogen-bond donors (Lipinski definition) is 2. The van der Waals surface area contributed by atoms with E-state index in [0.717, 1.165) is 33.5 Å². The lowest BCUT2D eigenvalue weighted by Crippen LogP contribution is -2.10. The molecule has 0 unspecified atom stereocenters. The molecular formula is C29H32FNO6S. The number of carbonyl (C=O) groups is 1. The molecule has 2 N–H and O–H groups in total. The highest BCUT2D eigenvalue weighted by Gasteiger charge is 2.30. The smallest absolute Gasteiger partial charge is 0.304 e. The molecule has 202 valence electrons. The summed E-state index contributed by atoms with van der Waals surface area (Å²) in [6.07, 6.45) is 1.60. The Hall–Kier alpha value is -3.59. The molecule has 38 heavy (non-hydrogen) atoms. The first-order valence-corrected chi connectivity index (χ1v) is 14.5. The van der Waals surface area contributed by atoms with E-state index in [1.807, 2.05) is 38.1 Å². The monoisotopic (exact) mass is 541 g/mol. The molecule has 0 aromatic heterocycles. The molecule has 9 heteroatoms. The van der Waals surface area contributed by atoms with Gasteiger partial charge in [-0.05, 0) is 66.3 Å². The molecule has 0 bridgehead atoms. The molecule has 1 atom stereocenters. The molecule has 1 aliphatic rings. The van der Waals surface area contributed by atoms with Crippen molar-refractivity contribution >= 4 is 21.5 Å². The number of aryl methyl sites for hydroxylation is 2.